The zero-order valence-electron chi connectivity index (χ0n) is 21.7. The molecule has 0 fully saturated rings. The average molecular weight is 545 g/mol. The van der Waals surface area contributed by atoms with Crippen molar-refractivity contribution >= 4 is 58.3 Å². The Morgan fingerprint density at radius 1 is 1.07 bits per heavy atom. The van der Waals surface area contributed by atoms with E-state index in [1.54, 1.807) is 30.5 Å². The fraction of sp³-hybridized carbons (Fsp3) is 0.241. The molecule has 1 aliphatic rings. The number of carboxylic acid groups (broad SMARTS) is 1. The molecule has 0 bridgehead atoms. The summed E-state index contributed by atoms with van der Waals surface area (Å²) in [4.78, 5) is 69.2. The first-order chi connectivity index (χ1) is 19.3. The summed E-state index contributed by atoms with van der Waals surface area (Å²) in [6, 6.07) is 17.8. The molecule has 2 N–H and O–H groups in total. The number of carbonyl (C=O) groups is 5. The molecule has 0 saturated carbocycles. The summed E-state index contributed by atoms with van der Waals surface area (Å²) in [5, 5.41) is 13.4. The van der Waals surface area contributed by atoms with E-state index >= 15 is 0 Å². The van der Waals surface area contributed by atoms with Gasteiger partial charge in [-0.3, -0.25) is 29.1 Å². The summed E-state index contributed by atoms with van der Waals surface area (Å²) in [5.41, 5.74) is 1.41. The van der Waals surface area contributed by atoms with Crippen LogP contribution in [0.3, 0.4) is 0 Å². The number of aliphatic carboxylic acids is 1. The second-order valence-electron chi connectivity index (χ2n) is 9.16. The number of para-hydroxylation sites is 2. The van der Waals surface area contributed by atoms with E-state index in [2.05, 4.69) is 10.3 Å². The van der Waals surface area contributed by atoms with E-state index in [0.29, 0.717) is 12.0 Å². The Hall–Kier alpha value is -4.90. The highest BCUT2D eigenvalue weighted by Gasteiger charge is 2.36. The quantitative estimate of drug-likeness (QED) is 0.292. The first kappa shape index (κ1) is 28.1. The van der Waals surface area contributed by atoms with Crippen molar-refractivity contribution in [1.29, 1.82) is 0 Å². The number of aliphatic imine (C=N–C) groups is 1. The van der Waals surface area contributed by atoms with Crippen LogP contribution in [0.5, 0.6) is 0 Å². The highest BCUT2D eigenvalue weighted by molar-refractivity contribution is 6.10. The van der Waals surface area contributed by atoms with Crippen molar-refractivity contribution in [2.75, 3.05) is 36.6 Å². The van der Waals surface area contributed by atoms with Gasteiger partial charge in [0.05, 0.1) is 30.4 Å². The second kappa shape index (κ2) is 12.8. The molecule has 0 spiro atoms. The molecular weight excluding hydrogens is 516 g/mol. The molecule has 0 unspecified atom stereocenters. The number of aldehydes is 1. The van der Waals surface area contributed by atoms with Gasteiger partial charge in [-0.2, -0.15) is 0 Å². The second-order valence-corrected chi connectivity index (χ2v) is 9.16. The molecule has 0 radical (unpaired) electrons. The SMILES string of the molecule is COCC(=O)N1C[C@H](N=Cc2ccc3ccccc3c2)C(=O)N(CC(=O)N[C@H](C=O)CC(=O)O)c2ccccc21. The van der Waals surface area contributed by atoms with E-state index in [-0.39, 0.29) is 18.8 Å². The number of fused-ring (bicyclic) bond motifs is 2. The fourth-order valence-corrected chi connectivity index (χ4v) is 4.46. The maximum absolute atomic E-state index is 13.8. The van der Waals surface area contributed by atoms with Gasteiger partial charge >= 0.3 is 5.97 Å². The maximum Gasteiger partial charge on any atom is 0.305 e. The predicted octanol–water partition coefficient (Wildman–Crippen LogP) is 1.81. The average Bonchev–Trinajstić information content (AvgIpc) is 3.06. The van der Waals surface area contributed by atoms with Crippen LogP contribution in [0.25, 0.3) is 10.8 Å². The largest absolute Gasteiger partial charge is 0.481 e. The van der Waals surface area contributed by atoms with Gasteiger partial charge < -0.3 is 24.9 Å². The van der Waals surface area contributed by atoms with Gasteiger partial charge in [-0.25, -0.2) is 0 Å². The monoisotopic (exact) mass is 544 g/mol. The van der Waals surface area contributed by atoms with Crippen LogP contribution >= 0.6 is 0 Å². The van der Waals surface area contributed by atoms with Crippen LogP contribution in [0.1, 0.15) is 12.0 Å². The van der Waals surface area contributed by atoms with Crippen LogP contribution < -0.4 is 15.1 Å². The van der Waals surface area contributed by atoms with Crippen LogP contribution in [-0.2, 0) is 28.7 Å². The Balaban J connectivity index is 1.69. The van der Waals surface area contributed by atoms with Crippen molar-refractivity contribution in [3.8, 4) is 0 Å². The number of anilines is 2. The summed E-state index contributed by atoms with van der Waals surface area (Å²) in [5.74, 6) is -2.95. The lowest BCUT2D eigenvalue weighted by atomic mass is 10.1. The number of benzene rings is 3. The zero-order valence-corrected chi connectivity index (χ0v) is 21.7. The zero-order chi connectivity index (χ0) is 28.6. The summed E-state index contributed by atoms with van der Waals surface area (Å²) < 4.78 is 5.05. The Kier molecular flexibility index (Phi) is 8.97. The molecule has 40 heavy (non-hydrogen) atoms. The molecule has 0 aromatic heterocycles. The van der Waals surface area contributed by atoms with Gasteiger partial charge in [-0.1, -0.05) is 48.5 Å². The van der Waals surface area contributed by atoms with Crippen LogP contribution in [0, 0.1) is 0 Å². The smallest absolute Gasteiger partial charge is 0.305 e. The van der Waals surface area contributed by atoms with Gasteiger partial charge in [0, 0.05) is 13.3 Å². The Morgan fingerprint density at radius 2 is 1.77 bits per heavy atom. The molecule has 3 aromatic rings. The van der Waals surface area contributed by atoms with E-state index in [0.717, 1.165) is 16.3 Å². The van der Waals surface area contributed by atoms with Crippen molar-refractivity contribution in [2.24, 2.45) is 4.99 Å². The number of hydrogen-bond acceptors (Lipinski definition) is 7. The number of carbonyl (C=O) groups excluding carboxylic acids is 4. The Morgan fingerprint density at radius 3 is 2.48 bits per heavy atom. The summed E-state index contributed by atoms with van der Waals surface area (Å²) in [6.07, 6.45) is 1.28. The topological polar surface area (TPSA) is 146 Å². The van der Waals surface area contributed by atoms with Crippen molar-refractivity contribution in [2.45, 2.75) is 18.5 Å². The molecule has 206 valence electrons. The molecule has 2 atom stereocenters. The number of amides is 3. The van der Waals surface area contributed by atoms with Gasteiger partial charge in [0.15, 0.2) is 0 Å². The van der Waals surface area contributed by atoms with Crippen molar-refractivity contribution in [1.82, 2.24) is 5.32 Å². The summed E-state index contributed by atoms with van der Waals surface area (Å²) in [6.45, 7) is -0.856. The van der Waals surface area contributed by atoms with Gasteiger partial charge in [0.2, 0.25) is 5.91 Å². The fourth-order valence-electron chi connectivity index (χ4n) is 4.46. The van der Waals surface area contributed by atoms with Gasteiger partial charge in [-0.15, -0.1) is 0 Å². The lowest BCUT2D eigenvalue weighted by molar-refractivity contribution is -0.139. The number of ether oxygens (including phenoxy) is 1. The van der Waals surface area contributed by atoms with Crippen LogP contribution in [-0.4, -0.2) is 80.2 Å². The third kappa shape index (κ3) is 6.56. The Bertz CT molecular complexity index is 1470. The first-order valence-corrected chi connectivity index (χ1v) is 12.5. The molecule has 11 heteroatoms. The van der Waals surface area contributed by atoms with Crippen molar-refractivity contribution in [3.05, 3.63) is 72.3 Å². The molecule has 3 aromatic carbocycles. The van der Waals surface area contributed by atoms with Crippen molar-refractivity contribution < 1.29 is 33.8 Å². The molecule has 11 nitrogen and oxygen atoms in total. The highest BCUT2D eigenvalue weighted by atomic mass is 16.5. The molecule has 1 aliphatic heterocycles. The van der Waals surface area contributed by atoms with Crippen molar-refractivity contribution in [3.63, 3.8) is 0 Å². The highest BCUT2D eigenvalue weighted by Crippen LogP contribution is 2.33. The number of carboxylic acids is 1. The number of nitrogens with one attached hydrogen (secondary N) is 1. The molecule has 1 heterocycles. The molecule has 3 amide bonds. The standard InChI is InChI=1S/C29H28N4O7/c1-40-18-27(36)32-15-23(30-14-19-10-11-20-6-2-3-7-21(20)12-19)29(39)33(25-9-5-4-8-24(25)32)16-26(35)31-22(17-34)13-28(37)38/h2-12,14,17,22-23H,13,15-16,18H2,1H3,(H,31,35)(H,37,38)/t22-,23-/m0/s1. The molecule has 0 aliphatic carbocycles. The number of nitrogens with zero attached hydrogens (tertiary/aromatic N) is 3. The lowest BCUT2D eigenvalue weighted by Gasteiger charge is -2.25. The van der Waals surface area contributed by atoms with Crippen LogP contribution in [0.15, 0.2) is 71.7 Å². The minimum atomic E-state index is -1.26. The molecule has 4 rings (SSSR count). The number of methoxy groups -OCH3 is 1. The number of hydrogen-bond donors (Lipinski definition) is 2. The lowest BCUT2D eigenvalue weighted by Crippen LogP contribution is -2.48. The third-order valence-electron chi connectivity index (χ3n) is 6.32. The van der Waals surface area contributed by atoms with E-state index in [1.807, 2.05) is 42.5 Å². The maximum atomic E-state index is 13.8. The van der Waals surface area contributed by atoms with Crippen LogP contribution in [0.4, 0.5) is 11.4 Å². The van der Waals surface area contributed by atoms with E-state index in [1.165, 1.54) is 16.9 Å². The minimum absolute atomic E-state index is 0.101. The van der Waals surface area contributed by atoms with E-state index in [4.69, 9.17) is 9.84 Å². The van der Waals surface area contributed by atoms with E-state index < -0.39 is 48.7 Å². The van der Waals surface area contributed by atoms with Gasteiger partial charge in [0.25, 0.3) is 11.8 Å². The van der Waals surface area contributed by atoms with Crippen LogP contribution in [0.2, 0.25) is 0 Å². The van der Waals surface area contributed by atoms with E-state index in [9.17, 15) is 24.0 Å². The molecular formula is C29H28N4O7. The normalized spacial score (nSPS) is 15.9. The van der Waals surface area contributed by atoms with Gasteiger partial charge in [0.1, 0.15) is 25.5 Å². The molecule has 0 saturated heterocycles. The Labute approximate surface area is 230 Å². The number of rotatable bonds is 10. The van der Waals surface area contributed by atoms with Gasteiger partial charge in [-0.05, 0) is 34.5 Å². The summed E-state index contributed by atoms with van der Waals surface area (Å²) >= 11 is 0. The summed E-state index contributed by atoms with van der Waals surface area (Å²) in [7, 11) is 1.39. The third-order valence-corrected chi connectivity index (χ3v) is 6.32. The first-order valence-electron chi connectivity index (χ1n) is 12.5. The minimum Gasteiger partial charge on any atom is -0.481 e. The predicted molar refractivity (Wildman–Crippen MR) is 149 cm³/mol.